The first kappa shape index (κ1) is 24.7. The van der Waals surface area contributed by atoms with Crippen LogP contribution in [0.3, 0.4) is 0 Å². The largest absolute Gasteiger partial charge is 0.434 e. The van der Waals surface area contributed by atoms with Crippen LogP contribution in [0, 0.1) is 18.3 Å². The van der Waals surface area contributed by atoms with Crippen LogP contribution in [0.5, 0.6) is 5.75 Å². The van der Waals surface area contributed by atoms with Gasteiger partial charge in [0.05, 0.1) is 23.6 Å². The van der Waals surface area contributed by atoms with Gasteiger partial charge < -0.3 is 14.2 Å². The van der Waals surface area contributed by atoms with Gasteiger partial charge in [0.25, 0.3) is 0 Å². The number of fused-ring (bicyclic) bond motifs is 1. The van der Waals surface area contributed by atoms with E-state index in [1.54, 1.807) is 18.2 Å². The van der Waals surface area contributed by atoms with Gasteiger partial charge in [-0.3, -0.25) is 4.90 Å². The summed E-state index contributed by atoms with van der Waals surface area (Å²) in [7, 11) is 0. The summed E-state index contributed by atoms with van der Waals surface area (Å²) in [5, 5.41) is 8.80. The van der Waals surface area contributed by atoms with Crippen molar-refractivity contribution < 1.29 is 13.5 Å². The minimum absolute atomic E-state index is 0.167. The summed E-state index contributed by atoms with van der Waals surface area (Å²) in [5.74, 6) is 1.91. The molecule has 1 saturated heterocycles. The van der Waals surface area contributed by atoms with Gasteiger partial charge in [0.1, 0.15) is 17.4 Å². The molecule has 1 aliphatic heterocycles. The fraction of sp³-hybridized carbons (Fsp3) is 0.321. The van der Waals surface area contributed by atoms with E-state index in [1.165, 1.54) is 0 Å². The van der Waals surface area contributed by atoms with Crippen LogP contribution < -0.4 is 9.64 Å². The molecular formula is C28H28F2N6O. The van der Waals surface area contributed by atoms with Crippen LogP contribution >= 0.6 is 0 Å². The summed E-state index contributed by atoms with van der Waals surface area (Å²) in [4.78, 5) is 14.0. The second-order valence-electron chi connectivity index (χ2n) is 9.08. The van der Waals surface area contributed by atoms with Crippen molar-refractivity contribution in [2.24, 2.45) is 0 Å². The first-order valence-corrected chi connectivity index (χ1v) is 12.3. The Hall–Kier alpha value is -4.03. The third-order valence-electron chi connectivity index (χ3n) is 6.77. The number of hydrogen-bond donors (Lipinski definition) is 0. The molecule has 190 valence electrons. The lowest BCUT2D eigenvalue weighted by molar-refractivity contribution is -0.0504. The van der Waals surface area contributed by atoms with Crippen molar-refractivity contribution in [3.8, 4) is 22.9 Å². The van der Waals surface area contributed by atoms with E-state index in [9.17, 15) is 8.78 Å². The molecule has 5 rings (SSSR count). The van der Waals surface area contributed by atoms with E-state index in [-0.39, 0.29) is 5.75 Å². The Bertz CT molecular complexity index is 1400. The van der Waals surface area contributed by atoms with Crippen molar-refractivity contribution in [1.29, 1.82) is 5.26 Å². The highest BCUT2D eigenvalue weighted by molar-refractivity contribution is 5.83. The Morgan fingerprint density at radius 2 is 1.81 bits per heavy atom. The van der Waals surface area contributed by atoms with E-state index in [4.69, 9.17) is 15.0 Å². The standard InChI is InChI=1S/C28H28F2N6O/c1-20-33-24-9-7-21(17-25(24)36(20)19-23-5-2-3-6-26(23)37-28(29)30)22-8-10-27(32-18-22)35-15-13-34(14-16-35)12-4-11-31/h2-3,5-10,17-18,28H,4,12-16,19H2,1H3. The number of halogens is 2. The molecule has 2 aromatic heterocycles. The van der Waals surface area contributed by atoms with Crippen molar-refractivity contribution in [2.45, 2.75) is 26.5 Å². The molecule has 0 unspecified atom stereocenters. The molecule has 0 amide bonds. The smallest absolute Gasteiger partial charge is 0.387 e. The SMILES string of the molecule is Cc1nc2ccc(-c3ccc(N4CCN(CCC#N)CC4)nc3)cc2n1Cc1ccccc1OC(F)F. The van der Waals surface area contributed by atoms with Crippen molar-refractivity contribution in [3.05, 3.63) is 72.2 Å². The van der Waals surface area contributed by atoms with E-state index in [2.05, 4.69) is 33.0 Å². The number of pyridine rings is 1. The molecule has 37 heavy (non-hydrogen) atoms. The van der Waals surface area contributed by atoms with Gasteiger partial charge in [0.2, 0.25) is 0 Å². The van der Waals surface area contributed by atoms with Crippen molar-refractivity contribution in [3.63, 3.8) is 0 Å². The minimum atomic E-state index is -2.88. The molecule has 0 saturated carbocycles. The first-order valence-electron chi connectivity index (χ1n) is 12.3. The zero-order chi connectivity index (χ0) is 25.8. The van der Waals surface area contributed by atoms with Crippen LogP contribution in [-0.4, -0.2) is 58.8 Å². The Balaban J connectivity index is 1.36. The number of nitrogens with zero attached hydrogens (tertiary/aromatic N) is 6. The van der Waals surface area contributed by atoms with E-state index in [0.29, 0.717) is 18.5 Å². The molecule has 1 aliphatic rings. The Morgan fingerprint density at radius 3 is 2.54 bits per heavy atom. The number of piperazine rings is 1. The minimum Gasteiger partial charge on any atom is -0.434 e. The summed E-state index contributed by atoms with van der Waals surface area (Å²) in [6.45, 7) is 3.85. The van der Waals surface area contributed by atoms with Crippen molar-refractivity contribution in [1.82, 2.24) is 19.4 Å². The van der Waals surface area contributed by atoms with E-state index in [1.807, 2.05) is 42.0 Å². The van der Waals surface area contributed by atoms with Crippen molar-refractivity contribution >= 4 is 16.9 Å². The number of anilines is 1. The Kier molecular flexibility index (Phi) is 7.28. The summed E-state index contributed by atoms with van der Waals surface area (Å²) >= 11 is 0. The maximum atomic E-state index is 12.9. The second kappa shape index (κ2) is 10.9. The maximum absolute atomic E-state index is 12.9. The molecule has 3 heterocycles. The number of aromatic nitrogens is 3. The van der Waals surface area contributed by atoms with E-state index >= 15 is 0 Å². The Labute approximate surface area is 214 Å². The normalized spacial score (nSPS) is 14.3. The second-order valence-corrected chi connectivity index (χ2v) is 9.08. The van der Waals surface area contributed by atoms with Crippen LogP contribution in [0.25, 0.3) is 22.2 Å². The molecule has 0 atom stereocenters. The van der Waals surface area contributed by atoms with Gasteiger partial charge in [-0.15, -0.1) is 0 Å². The van der Waals surface area contributed by atoms with Gasteiger partial charge in [-0.1, -0.05) is 24.3 Å². The van der Waals surface area contributed by atoms with Crippen LogP contribution in [-0.2, 0) is 6.54 Å². The first-order chi connectivity index (χ1) is 18.0. The number of hydrogen-bond acceptors (Lipinski definition) is 6. The summed E-state index contributed by atoms with van der Waals surface area (Å²) in [5.41, 5.74) is 4.41. The van der Waals surface area contributed by atoms with Gasteiger partial charge in [-0.05, 0) is 42.8 Å². The average molecular weight is 503 g/mol. The number of para-hydroxylation sites is 1. The van der Waals surface area contributed by atoms with Crippen LogP contribution in [0.2, 0.25) is 0 Å². The van der Waals surface area contributed by atoms with Gasteiger partial charge in [-0.25, -0.2) is 9.97 Å². The van der Waals surface area contributed by atoms with Gasteiger partial charge in [-0.2, -0.15) is 14.0 Å². The summed E-state index contributed by atoms with van der Waals surface area (Å²) in [6.07, 6.45) is 2.45. The maximum Gasteiger partial charge on any atom is 0.387 e. The quantitative estimate of drug-likeness (QED) is 0.334. The van der Waals surface area contributed by atoms with Gasteiger partial charge in [0, 0.05) is 56.5 Å². The molecule has 0 N–H and O–H groups in total. The zero-order valence-corrected chi connectivity index (χ0v) is 20.6. The zero-order valence-electron chi connectivity index (χ0n) is 20.6. The fourth-order valence-electron chi connectivity index (χ4n) is 4.79. The molecule has 4 aromatic rings. The van der Waals surface area contributed by atoms with Crippen LogP contribution in [0.15, 0.2) is 60.8 Å². The third-order valence-corrected chi connectivity index (χ3v) is 6.77. The number of nitriles is 1. The number of imidazole rings is 1. The number of rotatable bonds is 8. The lowest BCUT2D eigenvalue weighted by Crippen LogP contribution is -2.46. The predicted octanol–water partition coefficient (Wildman–Crippen LogP) is 5.09. The van der Waals surface area contributed by atoms with E-state index in [0.717, 1.165) is 66.5 Å². The van der Waals surface area contributed by atoms with Gasteiger partial charge >= 0.3 is 6.61 Å². The molecule has 9 heteroatoms. The number of alkyl halides is 2. The molecule has 2 aromatic carbocycles. The Morgan fingerprint density at radius 1 is 1.03 bits per heavy atom. The van der Waals surface area contributed by atoms with Crippen molar-refractivity contribution in [2.75, 3.05) is 37.6 Å². The summed E-state index contributed by atoms with van der Waals surface area (Å²) < 4.78 is 32.5. The molecule has 0 radical (unpaired) electrons. The molecule has 7 nitrogen and oxygen atoms in total. The molecule has 0 aliphatic carbocycles. The fourth-order valence-corrected chi connectivity index (χ4v) is 4.79. The monoisotopic (exact) mass is 502 g/mol. The molecule has 0 spiro atoms. The highest BCUT2D eigenvalue weighted by Gasteiger charge is 2.18. The number of ether oxygens (including phenoxy) is 1. The summed E-state index contributed by atoms with van der Waals surface area (Å²) in [6, 6.07) is 19.2. The number of aryl methyl sites for hydroxylation is 1. The average Bonchev–Trinajstić information content (AvgIpc) is 3.22. The highest BCUT2D eigenvalue weighted by atomic mass is 19.3. The molecular weight excluding hydrogens is 474 g/mol. The topological polar surface area (TPSA) is 70.2 Å². The third kappa shape index (κ3) is 5.54. The molecule has 0 bridgehead atoms. The molecule has 1 fully saturated rings. The highest BCUT2D eigenvalue weighted by Crippen LogP contribution is 2.28. The lowest BCUT2D eigenvalue weighted by atomic mass is 10.1. The van der Waals surface area contributed by atoms with E-state index < -0.39 is 6.61 Å². The van der Waals surface area contributed by atoms with Gasteiger partial charge in [0.15, 0.2) is 0 Å². The number of benzene rings is 2. The lowest BCUT2D eigenvalue weighted by Gasteiger charge is -2.35. The van der Waals surface area contributed by atoms with Crippen LogP contribution in [0.4, 0.5) is 14.6 Å². The van der Waals surface area contributed by atoms with Crippen LogP contribution in [0.1, 0.15) is 17.8 Å². The predicted molar refractivity (Wildman–Crippen MR) is 139 cm³/mol.